The molecule has 0 bridgehead atoms. The lowest BCUT2D eigenvalue weighted by atomic mass is 10.1. The van der Waals surface area contributed by atoms with Crippen LogP contribution in [0.4, 0.5) is 0 Å². The van der Waals surface area contributed by atoms with Crippen molar-refractivity contribution in [3.8, 4) is 0 Å². The number of piperidine rings is 1. The third-order valence-electron chi connectivity index (χ3n) is 4.42. The summed E-state index contributed by atoms with van der Waals surface area (Å²) in [4.78, 5) is 18.6. The summed E-state index contributed by atoms with van der Waals surface area (Å²) in [6.45, 7) is 4.61. The van der Waals surface area contributed by atoms with Crippen LogP contribution in [0.2, 0.25) is 0 Å². The number of aliphatic hydroxyl groups is 1. The quantitative estimate of drug-likeness (QED) is 0.821. The standard InChI is InChI=1S/C18H24N4O3/c1-13-4-2-7-19-16(13)6-8-20-18(24)17-10-15(25-21-17)12-22-9-3-5-14(23)11-22/h2,4,7,10,14,23H,3,5-6,8-9,11-12H2,1H3,(H,20,24)/t14-/m0/s1. The van der Waals surface area contributed by atoms with Crippen molar-refractivity contribution in [2.45, 2.75) is 38.8 Å². The highest BCUT2D eigenvalue weighted by Gasteiger charge is 2.20. The molecule has 0 radical (unpaired) electrons. The Kier molecular flexibility index (Phi) is 5.78. The van der Waals surface area contributed by atoms with Crippen LogP contribution in [-0.4, -0.2) is 51.8 Å². The van der Waals surface area contributed by atoms with Crippen molar-refractivity contribution in [3.05, 3.63) is 47.1 Å². The molecule has 0 unspecified atom stereocenters. The van der Waals surface area contributed by atoms with Gasteiger partial charge in [-0.25, -0.2) is 0 Å². The summed E-state index contributed by atoms with van der Waals surface area (Å²) in [6.07, 6.45) is 3.96. The minimum atomic E-state index is -0.283. The van der Waals surface area contributed by atoms with E-state index in [1.807, 2.05) is 19.1 Å². The molecule has 134 valence electrons. The zero-order chi connectivity index (χ0) is 17.6. The maximum atomic E-state index is 12.2. The van der Waals surface area contributed by atoms with Crippen LogP contribution in [0.1, 0.15) is 40.3 Å². The molecule has 0 spiro atoms. The minimum Gasteiger partial charge on any atom is -0.392 e. The molecule has 1 aliphatic rings. The number of hydrogen-bond acceptors (Lipinski definition) is 6. The van der Waals surface area contributed by atoms with E-state index in [-0.39, 0.29) is 17.7 Å². The molecule has 7 nitrogen and oxygen atoms in total. The van der Waals surface area contributed by atoms with E-state index in [4.69, 9.17) is 4.52 Å². The summed E-state index contributed by atoms with van der Waals surface area (Å²) in [5.74, 6) is 0.391. The molecule has 3 heterocycles. The summed E-state index contributed by atoms with van der Waals surface area (Å²) < 4.78 is 5.26. The normalized spacial score (nSPS) is 18.2. The monoisotopic (exact) mass is 344 g/mol. The fourth-order valence-electron chi connectivity index (χ4n) is 3.05. The second-order valence-electron chi connectivity index (χ2n) is 6.48. The number of likely N-dealkylation sites (tertiary alicyclic amines) is 1. The minimum absolute atomic E-state index is 0.248. The lowest BCUT2D eigenvalue weighted by Gasteiger charge is -2.28. The van der Waals surface area contributed by atoms with Crippen LogP contribution in [0.3, 0.4) is 0 Å². The molecular weight excluding hydrogens is 320 g/mol. The van der Waals surface area contributed by atoms with E-state index < -0.39 is 0 Å². The number of amides is 1. The zero-order valence-electron chi connectivity index (χ0n) is 14.4. The SMILES string of the molecule is Cc1cccnc1CCNC(=O)c1cc(CN2CCC[C@H](O)C2)on1. The van der Waals surface area contributed by atoms with Gasteiger partial charge in [0, 0.05) is 37.5 Å². The molecular formula is C18H24N4O3. The maximum Gasteiger partial charge on any atom is 0.273 e. The number of nitrogens with zero attached hydrogens (tertiary/aromatic N) is 3. The number of aryl methyl sites for hydroxylation is 1. The first-order valence-electron chi connectivity index (χ1n) is 8.66. The number of aromatic nitrogens is 2. The summed E-state index contributed by atoms with van der Waals surface area (Å²) in [7, 11) is 0. The molecule has 1 aliphatic heterocycles. The molecule has 0 aliphatic carbocycles. The van der Waals surface area contributed by atoms with Gasteiger partial charge in [0.2, 0.25) is 0 Å². The van der Waals surface area contributed by atoms with Gasteiger partial charge < -0.3 is 14.9 Å². The molecule has 2 N–H and O–H groups in total. The van der Waals surface area contributed by atoms with Crippen LogP contribution < -0.4 is 5.32 Å². The Morgan fingerprint density at radius 3 is 3.20 bits per heavy atom. The van der Waals surface area contributed by atoms with Gasteiger partial charge in [0.15, 0.2) is 11.5 Å². The van der Waals surface area contributed by atoms with E-state index in [9.17, 15) is 9.90 Å². The van der Waals surface area contributed by atoms with Gasteiger partial charge in [-0.15, -0.1) is 0 Å². The lowest BCUT2D eigenvalue weighted by Crippen LogP contribution is -2.37. The van der Waals surface area contributed by atoms with Gasteiger partial charge in [-0.05, 0) is 37.9 Å². The molecule has 2 aromatic rings. The third kappa shape index (κ3) is 4.87. The summed E-state index contributed by atoms with van der Waals surface area (Å²) in [5, 5.41) is 16.4. The molecule has 1 amide bonds. The molecule has 7 heteroatoms. The molecule has 3 rings (SSSR count). The Labute approximate surface area is 147 Å². The lowest BCUT2D eigenvalue weighted by molar-refractivity contribution is 0.0622. The van der Waals surface area contributed by atoms with E-state index in [1.54, 1.807) is 12.3 Å². The van der Waals surface area contributed by atoms with Gasteiger partial charge in [0.05, 0.1) is 12.6 Å². The number of nitrogens with one attached hydrogen (secondary N) is 1. The Balaban J connectivity index is 1.48. The van der Waals surface area contributed by atoms with Gasteiger partial charge in [-0.3, -0.25) is 14.7 Å². The van der Waals surface area contributed by atoms with E-state index >= 15 is 0 Å². The molecule has 2 aromatic heterocycles. The topological polar surface area (TPSA) is 91.5 Å². The highest BCUT2D eigenvalue weighted by molar-refractivity contribution is 5.92. The van der Waals surface area contributed by atoms with Crippen LogP contribution in [0.15, 0.2) is 28.9 Å². The molecule has 1 fully saturated rings. The largest absolute Gasteiger partial charge is 0.392 e. The number of β-amino-alcohol motifs (C(OH)–C–C–N with tert-alkyl or cyclic N) is 1. The van der Waals surface area contributed by atoms with Gasteiger partial charge >= 0.3 is 0 Å². The smallest absolute Gasteiger partial charge is 0.273 e. The number of carbonyl (C=O) groups excluding carboxylic acids is 1. The van der Waals surface area contributed by atoms with Crippen molar-refractivity contribution in [1.82, 2.24) is 20.4 Å². The van der Waals surface area contributed by atoms with Crippen LogP contribution in [0.5, 0.6) is 0 Å². The van der Waals surface area contributed by atoms with Crippen molar-refractivity contribution in [3.63, 3.8) is 0 Å². The van der Waals surface area contributed by atoms with Crippen molar-refractivity contribution >= 4 is 5.91 Å². The highest BCUT2D eigenvalue weighted by atomic mass is 16.5. The number of rotatable bonds is 6. The fourth-order valence-corrected chi connectivity index (χ4v) is 3.05. The molecule has 25 heavy (non-hydrogen) atoms. The van der Waals surface area contributed by atoms with Gasteiger partial charge in [-0.1, -0.05) is 11.2 Å². The van der Waals surface area contributed by atoms with Crippen LogP contribution in [0, 0.1) is 6.92 Å². The Hall–Kier alpha value is -2.25. The predicted molar refractivity (Wildman–Crippen MR) is 92.0 cm³/mol. The van der Waals surface area contributed by atoms with E-state index in [0.29, 0.717) is 31.8 Å². The highest BCUT2D eigenvalue weighted by Crippen LogP contribution is 2.14. The molecule has 1 saturated heterocycles. The zero-order valence-corrected chi connectivity index (χ0v) is 14.4. The maximum absolute atomic E-state index is 12.2. The second-order valence-corrected chi connectivity index (χ2v) is 6.48. The molecule has 1 atom stereocenters. The summed E-state index contributed by atoms with van der Waals surface area (Å²) in [5.41, 5.74) is 2.38. The third-order valence-corrected chi connectivity index (χ3v) is 4.42. The van der Waals surface area contributed by atoms with Crippen molar-refractivity contribution in [2.24, 2.45) is 0 Å². The number of pyridine rings is 1. The number of carbonyl (C=O) groups is 1. The molecule has 0 aromatic carbocycles. The van der Waals surface area contributed by atoms with E-state index in [2.05, 4.69) is 20.4 Å². The van der Waals surface area contributed by atoms with Crippen LogP contribution >= 0.6 is 0 Å². The predicted octanol–water partition coefficient (Wildman–Crippen LogP) is 1.31. The van der Waals surface area contributed by atoms with Crippen molar-refractivity contribution in [2.75, 3.05) is 19.6 Å². The Morgan fingerprint density at radius 1 is 1.52 bits per heavy atom. The van der Waals surface area contributed by atoms with E-state index in [1.165, 1.54) is 0 Å². The first-order chi connectivity index (χ1) is 12.1. The summed E-state index contributed by atoms with van der Waals surface area (Å²) in [6, 6.07) is 5.57. The van der Waals surface area contributed by atoms with E-state index in [0.717, 1.165) is 30.6 Å². The molecule has 0 saturated carbocycles. The average Bonchev–Trinajstić information content (AvgIpc) is 3.05. The van der Waals surface area contributed by atoms with Crippen molar-refractivity contribution < 1.29 is 14.4 Å². The van der Waals surface area contributed by atoms with Gasteiger partial charge in [0.25, 0.3) is 5.91 Å². The first kappa shape index (κ1) is 17.6. The van der Waals surface area contributed by atoms with Gasteiger partial charge in [-0.2, -0.15) is 0 Å². The first-order valence-corrected chi connectivity index (χ1v) is 8.66. The van der Waals surface area contributed by atoms with Crippen LogP contribution in [0.25, 0.3) is 0 Å². The Bertz CT molecular complexity index is 716. The van der Waals surface area contributed by atoms with Gasteiger partial charge in [0.1, 0.15) is 0 Å². The Morgan fingerprint density at radius 2 is 2.40 bits per heavy atom. The summed E-state index contributed by atoms with van der Waals surface area (Å²) >= 11 is 0. The number of aliphatic hydroxyl groups excluding tert-OH is 1. The average molecular weight is 344 g/mol. The number of hydrogen-bond donors (Lipinski definition) is 2. The van der Waals surface area contributed by atoms with Crippen LogP contribution in [-0.2, 0) is 13.0 Å². The second kappa shape index (κ2) is 8.22. The van der Waals surface area contributed by atoms with Crippen molar-refractivity contribution in [1.29, 1.82) is 0 Å². The fraction of sp³-hybridized carbons (Fsp3) is 0.500.